The Morgan fingerprint density at radius 2 is 0.803 bits per heavy atom. The van der Waals surface area contributed by atoms with Gasteiger partial charge in [0.05, 0.1) is 33.6 Å². The molecule has 13 aromatic rings. The van der Waals surface area contributed by atoms with Gasteiger partial charge in [-0.05, 0) is 67.7 Å². The lowest BCUT2D eigenvalue weighted by atomic mass is 9.88. The molecule has 0 aliphatic carbocycles. The van der Waals surface area contributed by atoms with Crippen molar-refractivity contribution < 1.29 is 0 Å². The van der Waals surface area contributed by atoms with Crippen molar-refractivity contribution in [3.05, 3.63) is 200 Å². The molecule has 0 atom stereocenters. The summed E-state index contributed by atoms with van der Waals surface area (Å²) in [6, 6.07) is 71.8. The van der Waals surface area contributed by atoms with Crippen LogP contribution < -0.4 is 0 Å². The summed E-state index contributed by atoms with van der Waals surface area (Å²) in [4.78, 5) is 16.0. The number of nitrogens with zero attached hydrogens (tertiary/aromatic N) is 3. The summed E-state index contributed by atoms with van der Waals surface area (Å²) < 4.78 is 2.51. The van der Waals surface area contributed by atoms with Crippen molar-refractivity contribution in [2.45, 2.75) is 0 Å². The maximum Gasteiger partial charge on any atom is 0.0972 e. The normalized spacial score (nSPS) is 11.9. The van der Waals surface area contributed by atoms with E-state index in [2.05, 4.69) is 194 Å². The molecule has 4 heterocycles. The van der Waals surface area contributed by atoms with Crippen molar-refractivity contribution in [2.24, 2.45) is 0 Å². The third-order valence-corrected chi connectivity index (χ3v) is 13.6. The molecule has 0 aliphatic heterocycles. The van der Waals surface area contributed by atoms with Crippen LogP contribution in [0.1, 0.15) is 0 Å². The summed E-state index contributed by atoms with van der Waals surface area (Å²) in [6.07, 6.45) is 0. The lowest BCUT2D eigenvalue weighted by Crippen LogP contribution is -1.92. The van der Waals surface area contributed by atoms with E-state index in [9.17, 15) is 0 Å². The summed E-state index contributed by atoms with van der Waals surface area (Å²) >= 11 is 1.87. The molecule has 0 aliphatic rings. The highest BCUT2D eigenvalue weighted by Crippen LogP contribution is 2.48. The minimum absolute atomic E-state index is 0.905. The Bertz CT molecular complexity index is 3880. The highest BCUT2D eigenvalue weighted by molar-refractivity contribution is 7.26. The van der Waals surface area contributed by atoms with Crippen LogP contribution in [0.4, 0.5) is 0 Å². The minimum Gasteiger partial charge on any atom is -0.247 e. The first-order chi connectivity index (χ1) is 30.2. The zero-order valence-electron chi connectivity index (χ0n) is 32.8. The number of rotatable bonds is 4. The molecule has 13 rings (SSSR count). The predicted molar refractivity (Wildman–Crippen MR) is 259 cm³/mol. The fourth-order valence-electron chi connectivity index (χ4n) is 9.62. The second kappa shape index (κ2) is 13.4. The van der Waals surface area contributed by atoms with E-state index in [1.165, 1.54) is 69.0 Å². The zero-order valence-corrected chi connectivity index (χ0v) is 33.6. The molecule has 3 nitrogen and oxygen atoms in total. The highest BCUT2D eigenvalue weighted by Gasteiger charge is 2.21. The number of pyridine rings is 3. The molecule has 0 fully saturated rings. The summed E-state index contributed by atoms with van der Waals surface area (Å²) in [5.41, 5.74) is 11.3. The maximum absolute atomic E-state index is 5.57. The van der Waals surface area contributed by atoms with Crippen LogP contribution in [0.5, 0.6) is 0 Å². The first-order valence-corrected chi connectivity index (χ1v) is 21.5. The molecule has 0 N–H and O–H groups in total. The summed E-state index contributed by atoms with van der Waals surface area (Å²) in [6.45, 7) is 0. The Morgan fingerprint density at radius 3 is 1.48 bits per heavy atom. The average Bonchev–Trinajstić information content (AvgIpc) is 3.73. The number of aromatic nitrogens is 3. The van der Waals surface area contributed by atoms with E-state index in [1.807, 2.05) is 17.4 Å². The van der Waals surface area contributed by atoms with Gasteiger partial charge in [-0.25, -0.2) is 15.0 Å². The lowest BCUT2D eigenvalue weighted by molar-refractivity contribution is 1.36. The Morgan fingerprint density at radius 1 is 0.311 bits per heavy atom. The Balaban J connectivity index is 0.990. The fraction of sp³-hybridized carbons (Fsp3) is 0. The van der Waals surface area contributed by atoms with Crippen LogP contribution in [0.3, 0.4) is 0 Å². The van der Waals surface area contributed by atoms with E-state index < -0.39 is 0 Å². The van der Waals surface area contributed by atoms with Crippen LogP contribution in [0.15, 0.2) is 200 Å². The molecule has 0 unspecified atom stereocenters. The van der Waals surface area contributed by atoms with Crippen LogP contribution in [-0.2, 0) is 0 Å². The lowest BCUT2D eigenvalue weighted by Gasteiger charge is -2.16. The maximum atomic E-state index is 5.57. The van der Waals surface area contributed by atoms with Gasteiger partial charge in [0.25, 0.3) is 0 Å². The van der Waals surface area contributed by atoms with E-state index in [-0.39, 0.29) is 0 Å². The molecule has 282 valence electrons. The number of benzene rings is 9. The zero-order chi connectivity index (χ0) is 40.0. The Labute approximate surface area is 354 Å². The van der Waals surface area contributed by atoms with Crippen LogP contribution in [-0.4, -0.2) is 15.0 Å². The molecule has 0 saturated carbocycles. The Kier molecular flexibility index (Phi) is 7.47. The van der Waals surface area contributed by atoms with Gasteiger partial charge in [-0.3, -0.25) is 0 Å². The standard InChI is InChI=1S/C57H33N3S/c1-2-12-34(13-3-1)47-32-30-37-28-29-38-31-33-48(59-56(38)55(37)58-47)35-24-26-36(27-25-35)54-53-46-18-8-9-23-50(46)61-57(53)52-45(21-11-22-49(52)60-54)44-20-10-19-43-41-15-5-4-14-39(41)40-16-6-7-17-42(40)51(43)44/h1-33H. The van der Waals surface area contributed by atoms with Crippen molar-refractivity contribution in [3.8, 4) is 44.9 Å². The molecule has 0 saturated heterocycles. The molecule has 0 radical (unpaired) electrons. The molecule has 4 heteroatoms. The van der Waals surface area contributed by atoms with Gasteiger partial charge in [0.1, 0.15) is 0 Å². The first-order valence-electron chi connectivity index (χ1n) is 20.7. The summed E-state index contributed by atoms with van der Waals surface area (Å²) in [7, 11) is 0. The minimum atomic E-state index is 0.905. The van der Waals surface area contributed by atoms with Crippen LogP contribution in [0.2, 0.25) is 0 Å². The van der Waals surface area contributed by atoms with E-state index in [1.54, 1.807) is 0 Å². The van der Waals surface area contributed by atoms with Gasteiger partial charge < -0.3 is 0 Å². The van der Waals surface area contributed by atoms with Gasteiger partial charge in [0.15, 0.2) is 0 Å². The van der Waals surface area contributed by atoms with Crippen LogP contribution in [0.25, 0.3) is 130 Å². The molecular formula is C57H33N3S. The van der Waals surface area contributed by atoms with Gasteiger partial charge in [-0.1, -0.05) is 176 Å². The molecule has 4 aromatic heterocycles. The number of fused-ring (bicyclic) bond motifs is 14. The molecule has 61 heavy (non-hydrogen) atoms. The first kappa shape index (κ1) is 34.1. The van der Waals surface area contributed by atoms with Crippen LogP contribution >= 0.6 is 11.3 Å². The number of thiophene rings is 1. The number of hydrogen-bond acceptors (Lipinski definition) is 4. The van der Waals surface area contributed by atoms with Gasteiger partial charge in [0, 0.05) is 53.0 Å². The van der Waals surface area contributed by atoms with Gasteiger partial charge in [-0.2, -0.15) is 0 Å². The van der Waals surface area contributed by atoms with Gasteiger partial charge >= 0.3 is 0 Å². The fourth-order valence-corrected chi connectivity index (χ4v) is 10.9. The molecular weight excluding hydrogens is 759 g/mol. The third kappa shape index (κ3) is 5.26. The van der Waals surface area contributed by atoms with Crippen molar-refractivity contribution >= 4 is 96.5 Å². The second-order valence-corrected chi connectivity index (χ2v) is 16.9. The topological polar surface area (TPSA) is 38.7 Å². The quantitative estimate of drug-likeness (QED) is 0.167. The van der Waals surface area contributed by atoms with Crippen molar-refractivity contribution in [1.82, 2.24) is 15.0 Å². The molecule has 0 amide bonds. The van der Waals surface area contributed by atoms with E-state index in [4.69, 9.17) is 15.0 Å². The highest BCUT2D eigenvalue weighted by atomic mass is 32.1. The summed E-state index contributed by atoms with van der Waals surface area (Å²) in [5.74, 6) is 0. The second-order valence-electron chi connectivity index (χ2n) is 15.8. The van der Waals surface area contributed by atoms with Crippen LogP contribution in [0, 0.1) is 0 Å². The van der Waals surface area contributed by atoms with Crippen molar-refractivity contribution in [1.29, 1.82) is 0 Å². The predicted octanol–water partition coefficient (Wildman–Crippen LogP) is 15.8. The molecule has 9 aromatic carbocycles. The Hall–Kier alpha value is -7.79. The van der Waals surface area contributed by atoms with Crippen molar-refractivity contribution in [2.75, 3.05) is 0 Å². The monoisotopic (exact) mass is 791 g/mol. The van der Waals surface area contributed by atoms with E-state index in [0.29, 0.717) is 0 Å². The van der Waals surface area contributed by atoms with E-state index in [0.717, 1.165) is 61.1 Å². The largest absolute Gasteiger partial charge is 0.247 e. The van der Waals surface area contributed by atoms with E-state index >= 15 is 0 Å². The molecule has 0 bridgehead atoms. The molecule has 0 spiro atoms. The average molecular weight is 792 g/mol. The SMILES string of the molecule is c1ccc(-c2ccc3ccc4ccc(-c5ccc(-c6nc7cccc(-c8cccc9c%10ccccc%10c%10ccccc%10c89)c7c7sc8ccccc8c67)cc5)nc4c3n2)cc1. The summed E-state index contributed by atoms with van der Waals surface area (Å²) in [5, 5.41) is 13.4. The smallest absolute Gasteiger partial charge is 0.0972 e. The van der Waals surface area contributed by atoms with Gasteiger partial charge in [0.2, 0.25) is 0 Å². The number of hydrogen-bond donors (Lipinski definition) is 0. The van der Waals surface area contributed by atoms with Crippen molar-refractivity contribution in [3.63, 3.8) is 0 Å². The third-order valence-electron chi connectivity index (χ3n) is 12.4. The van der Waals surface area contributed by atoms with Gasteiger partial charge in [-0.15, -0.1) is 11.3 Å².